The van der Waals surface area contributed by atoms with E-state index in [1.807, 2.05) is 36.7 Å². The van der Waals surface area contributed by atoms with Crippen LogP contribution in [-0.2, 0) is 4.74 Å². The number of nitrogens with zero attached hydrogens (tertiary/aromatic N) is 3. The van der Waals surface area contributed by atoms with E-state index in [-0.39, 0.29) is 5.91 Å². The molecule has 1 aliphatic rings. The second-order valence-corrected chi connectivity index (χ2v) is 8.17. The maximum Gasteiger partial charge on any atom is 0.251 e. The van der Waals surface area contributed by atoms with E-state index in [9.17, 15) is 4.79 Å². The van der Waals surface area contributed by atoms with Crippen molar-refractivity contribution in [2.45, 2.75) is 38.0 Å². The number of nitrogens with one attached hydrogen (secondary N) is 2. The Kier molecular flexibility index (Phi) is 5.42. The largest absolute Gasteiger partial charge is 0.383 e. The van der Waals surface area contributed by atoms with E-state index in [2.05, 4.69) is 25.8 Å². The third-order valence-corrected chi connectivity index (χ3v) is 6.18. The fourth-order valence-corrected chi connectivity index (χ4v) is 4.58. The van der Waals surface area contributed by atoms with Gasteiger partial charge in [0.25, 0.3) is 5.91 Å². The summed E-state index contributed by atoms with van der Waals surface area (Å²) >= 11 is 0. The fraction of sp³-hybridized carbons (Fsp3) is 0.375. The smallest absolute Gasteiger partial charge is 0.251 e. The number of methoxy groups -OCH3 is 1. The Morgan fingerprint density at radius 1 is 1.16 bits per heavy atom. The molecule has 3 heterocycles. The van der Waals surface area contributed by atoms with Crippen LogP contribution in [0.25, 0.3) is 27.9 Å². The molecule has 0 radical (unpaired) electrons. The molecule has 1 aromatic carbocycles. The predicted octanol–water partition coefficient (Wildman–Crippen LogP) is 4.30. The number of benzene rings is 1. The Balaban J connectivity index is 1.54. The first kappa shape index (κ1) is 19.8. The monoisotopic (exact) mass is 417 g/mol. The van der Waals surface area contributed by atoms with Crippen molar-refractivity contribution >= 4 is 22.6 Å². The molecule has 0 atom stereocenters. The number of carbonyl (C=O) groups excluding carboxylic acids is 1. The number of carbonyl (C=O) groups is 1. The molecule has 31 heavy (non-hydrogen) atoms. The van der Waals surface area contributed by atoms with Crippen LogP contribution in [0, 0.1) is 0 Å². The summed E-state index contributed by atoms with van der Waals surface area (Å²) in [5.41, 5.74) is 5.47. The summed E-state index contributed by atoms with van der Waals surface area (Å²) in [6.45, 7) is 0.987. The van der Waals surface area contributed by atoms with Gasteiger partial charge in [0.1, 0.15) is 5.82 Å². The van der Waals surface area contributed by atoms with Crippen LogP contribution in [-0.4, -0.2) is 45.5 Å². The van der Waals surface area contributed by atoms with Gasteiger partial charge in [-0.25, -0.2) is 9.97 Å². The van der Waals surface area contributed by atoms with Crippen LogP contribution in [0.1, 0.15) is 54.2 Å². The number of fused-ring (bicyclic) bond motifs is 3. The van der Waals surface area contributed by atoms with Crippen molar-refractivity contribution in [3.63, 3.8) is 0 Å². The van der Waals surface area contributed by atoms with Crippen molar-refractivity contribution in [2.75, 3.05) is 20.3 Å². The van der Waals surface area contributed by atoms with Crippen LogP contribution < -0.4 is 5.32 Å². The molecule has 160 valence electrons. The highest BCUT2D eigenvalue weighted by Gasteiger charge is 2.24. The maximum absolute atomic E-state index is 12.3. The van der Waals surface area contributed by atoms with Crippen LogP contribution in [0.2, 0.25) is 0 Å². The second-order valence-electron chi connectivity index (χ2n) is 8.17. The van der Waals surface area contributed by atoms with E-state index in [1.54, 1.807) is 7.11 Å². The van der Waals surface area contributed by atoms with Gasteiger partial charge in [0.15, 0.2) is 5.65 Å². The molecular formula is C24H27N5O2. The summed E-state index contributed by atoms with van der Waals surface area (Å²) in [6, 6.07) is 9.72. The molecule has 7 nitrogen and oxygen atoms in total. The third-order valence-electron chi connectivity index (χ3n) is 6.18. The minimum atomic E-state index is -0.100. The molecule has 0 saturated heterocycles. The van der Waals surface area contributed by atoms with E-state index in [0.717, 1.165) is 33.8 Å². The maximum atomic E-state index is 12.3. The SMILES string of the molecule is COCCNC(=O)c1ccc(-c2nc(C3CCCCC3)n3c2cnc2[nH]ccc23)cc1. The molecular weight excluding hydrogens is 390 g/mol. The quantitative estimate of drug-likeness (QED) is 0.458. The van der Waals surface area contributed by atoms with Crippen molar-refractivity contribution in [1.82, 2.24) is 24.7 Å². The summed E-state index contributed by atoms with van der Waals surface area (Å²) in [7, 11) is 1.62. The number of amides is 1. The molecule has 2 N–H and O–H groups in total. The van der Waals surface area contributed by atoms with Gasteiger partial charge in [0.05, 0.1) is 29.5 Å². The number of hydrogen-bond acceptors (Lipinski definition) is 4. The van der Waals surface area contributed by atoms with Crippen molar-refractivity contribution in [3.8, 4) is 11.3 Å². The Morgan fingerprint density at radius 3 is 2.74 bits per heavy atom. The van der Waals surface area contributed by atoms with E-state index in [1.165, 1.54) is 32.1 Å². The summed E-state index contributed by atoms with van der Waals surface area (Å²) in [4.78, 5) is 25.3. The highest BCUT2D eigenvalue weighted by Crippen LogP contribution is 2.36. The summed E-state index contributed by atoms with van der Waals surface area (Å²) in [5, 5.41) is 2.86. The van der Waals surface area contributed by atoms with E-state index >= 15 is 0 Å². The van der Waals surface area contributed by atoms with Crippen molar-refractivity contribution < 1.29 is 9.53 Å². The third kappa shape index (κ3) is 3.70. The lowest BCUT2D eigenvalue weighted by atomic mass is 9.89. The topological polar surface area (TPSA) is 84.3 Å². The number of imidazole rings is 1. The van der Waals surface area contributed by atoms with E-state index in [4.69, 9.17) is 9.72 Å². The molecule has 0 spiro atoms. The molecule has 1 aliphatic carbocycles. The van der Waals surface area contributed by atoms with Crippen molar-refractivity contribution in [2.24, 2.45) is 0 Å². The molecule has 3 aromatic heterocycles. The second kappa shape index (κ2) is 8.51. The number of ether oxygens (including phenoxy) is 1. The van der Waals surface area contributed by atoms with Gasteiger partial charge < -0.3 is 15.0 Å². The minimum Gasteiger partial charge on any atom is -0.383 e. The minimum absolute atomic E-state index is 0.100. The number of H-pyrrole nitrogens is 1. The Hall–Kier alpha value is -3.19. The van der Waals surface area contributed by atoms with Crippen LogP contribution in [0.4, 0.5) is 0 Å². The van der Waals surface area contributed by atoms with Gasteiger partial charge in [-0.3, -0.25) is 9.20 Å². The standard InChI is InChI=1S/C24H27N5O2/c1-31-14-13-26-24(30)18-9-7-16(8-10-18)21-20-15-27-22-19(11-12-25-22)29(20)23(28-21)17-5-3-2-4-6-17/h7-12,15,17,25H,2-6,13-14H2,1H3,(H,26,30). The lowest BCUT2D eigenvalue weighted by molar-refractivity contribution is 0.0937. The highest BCUT2D eigenvalue weighted by atomic mass is 16.5. The molecule has 7 heteroatoms. The lowest BCUT2D eigenvalue weighted by Gasteiger charge is -2.20. The number of hydrogen-bond donors (Lipinski definition) is 2. The van der Waals surface area contributed by atoms with Gasteiger partial charge >= 0.3 is 0 Å². The first-order valence-corrected chi connectivity index (χ1v) is 11.0. The van der Waals surface area contributed by atoms with Crippen molar-refractivity contribution in [3.05, 3.63) is 54.1 Å². The zero-order chi connectivity index (χ0) is 21.2. The van der Waals surface area contributed by atoms with Gasteiger partial charge in [-0.2, -0.15) is 0 Å². The first-order valence-electron chi connectivity index (χ1n) is 11.0. The molecule has 1 saturated carbocycles. The van der Waals surface area contributed by atoms with Gasteiger partial charge in [-0.1, -0.05) is 31.4 Å². The van der Waals surface area contributed by atoms with Crippen LogP contribution in [0.5, 0.6) is 0 Å². The number of aromatic amines is 1. The average Bonchev–Trinajstić information content (AvgIpc) is 3.44. The Bertz CT molecular complexity index is 1200. The molecule has 4 aromatic rings. The molecule has 0 unspecified atom stereocenters. The summed E-state index contributed by atoms with van der Waals surface area (Å²) in [5.74, 6) is 1.48. The Morgan fingerprint density at radius 2 is 1.97 bits per heavy atom. The van der Waals surface area contributed by atoms with E-state index in [0.29, 0.717) is 24.6 Å². The van der Waals surface area contributed by atoms with E-state index < -0.39 is 0 Å². The zero-order valence-electron chi connectivity index (χ0n) is 17.7. The number of aromatic nitrogens is 4. The van der Waals surface area contributed by atoms with Gasteiger partial charge in [-0.05, 0) is 31.0 Å². The summed E-state index contributed by atoms with van der Waals surface area (Å²) < 4.78 is 7.26. The molecule has 5 rings (SSSR count). The normalized spacial score (nSPS) is 15.0. The zero-order valence-corrected chi connectivity index (χ0v) is 17.7. The van der Waals surface area contributed by atoms with Gasteiger partial charge in [0.2, 0.25) is 0 Å². The van der Waals surface area contributed by atoms with Crippen molar-refractivity contribution in [1.29, 1.82) is 0 Å². The fourth-order valence-electron chi connectivity index (χ4n) is 4.58. The highest BCUT2D eigenvalue weighted by molar-refractivity contribution is 5.95. The Labute approximate surface area is 180 Å². The molecule has 0 aliphatic heterocycles. The van der Waals surface area contributed by atoms with Crippen LogP contribution in [0.3, 0.4) is 0 Å². The van der Waals surface area contributed by atoms with Crippen LogP contribution >= 0.6 is 0 Å². The van der Waals surface area contributed by atoms with Crippen LogP contribution in [0.15, 0.2) is 42.7 Å². The predicted molar refractivity (Wildman–Crippen MR) is 120 cm³/mol. The van der Waals surface area contributed by atoms with Gasteiger partial charge in [-0.15, -0.1) is 0 Å². The first-order chi connectivity index (χ1) is 15.3. The lowest BCUT2D eigenvalue weighted by Crippen LogP contribution is -2.26. The summed E-state index contributed by atoms with van der Waals surface area (Å²) in [6.07, 6.45) is 9.99. The van der Waals surface area contributed by atoms with Gasteiger partial charge in [0, 0.05) is 36.9 Å². The number of rotatable bonds is 6. The molecule has 1 amide bonds. The molecule has 0 bridgehead atoms. The molecule has 1 fully saturated rings. The average molecular weight is 418 g/mol.